The first-order chi connectivity index (χ1) is 12.3. The topological polar surface area (TPSA) is 37.8 Å². The number of hydrogen-bond donors (Lipinski definition) is 1. The highest BCUT2D eigenvalue weighted by atomic mass is 32.1. The van der Waals surface area contributed by atoms with E-state index in [-0.39, 0.29) is 0 Å². The Labute approximate surface area is 150 Å². The second-order valence-corrected chi connectivity index (χ2v) is 6.73. The molecule has 4 heteroatoms. The molecular weight excluding hydrogens is 326 g/mol. The number of hydrogen-bond acceptors (Lipinski definition) is 4. The number of terminal acetylenes is 1. The third-order valence-corrected chi connectivity index (χ3v) is 4.98. The maximum absolute atomic E-state index is 5.49. The number of aromatic nitrogens is 2. The molecule has 0 bridgehead atoms. The van der Waals surface area contributed by atoms with Gasteiger partial charge in [0.05, 0.1) is 15.1 Å². The molecule has 0 spiro atoms. The van der Waals surface area contributed by atoms with Crippen LogP contribution < -0.4 is 5.32 Å². The summed E-state index contributed by atoms with van der Waals surface area (Å²) in [5.74, 6) is 3.45. The summed E-state index contributed by atoms with van der Waals surface area (Å²) in [5, 5.41) is 3.37. The average molecular weight is 341 g/mol. The standard InChI is InChI=1S/C21H15N3S/c1-2-18-13-19-20(25-18)21(23-14-22-19)24-17-10-8-16(9-11-17)12-15-6-4-3-5-7-15/h1,3-11,13-14H,12H2,(H,22,23,24). The van der Waals surface area contributed by atoms with Crippen LogP contribution in [0.15, 0.2) is 67.0 Å². The van der Waals surface area contributed by atoms with Crippen molar-refractivity contribution in [2.45, 2.75) is 6.42 Å². The Balaban J connectivity index is 1.55. The fourth-order valence-corrected chi connectivity index (χ4v) is 3.55. The van der Waals surface area contributed by atoms with Gasteiger partial charge in [-0.2, -0.15) is 0 Å². The van der Waals surface area contributed by atoms with E-state index in [1.54, 1.807) is 6.33 Å². The highest BCUT2D eigenvalue weighted by molar-refractivity contribution is 7.20. The molecule has 1 N–H and O–H groups in total. The van der Waals surface area contributed by atoms with Crippen LogP contribution in [0.4, 0.5) is 11.5 Å². The number of thiophene rings is 1. The van der Waals surface area contributed by atoms with Crippen molar-refractivity contribution in [1.82, 2.24) is 9.97 Å². The van der Waals surface area contributed by atoms with E-state index in [0.29, 0.717) is 0 Å². The van der Waals surface area contributed by atoms with Crippen LogP contribution in [0.5, 0.6) is 0 Å². The number of benzene rings is 2. The maximum Gasteiger partial charge on any atom is 0.151 e. The number of rotatable bonds is 4. The number of fused-ring (bicyclic) bond motifs is 1. The van der Waals surface area contributed by atoms with E-state index >= 15 is 0 Å². The third-order valence-electron chi connectivity index (χ3n) is 3.92. The molecular formula is C21H15N3S. The molecule has 4 rings (SSSR count). The summed E-state index contributed by atoms with van der Waals surface area (Å²) >= 11 is 1.52. The van der Waals surface area contributed by atoms with Gasteiger partial charge in [0.25, 0.3) is 0 Å². The molecule has 0 aliphatic heterocycles. The zero-order chi connectivity index (χ0) is 17.1. The summed E-state index contributed by atoms with van der Waals surface area (Å²) in [6.45, 7) is 0. The molecule has 0 aliphatic carbocycles. The van der Waals surface area contributed by atoms with E-state index in [0.717, 1.165) is 33.0 Å². The number of anilines is 2. The summed E-state index contributed by atoms with van der Waals surface area (Å²) in [7, 11) is 0. The van der Waals surface area contributed by atoms with Crippen molar-refractivity contribution < 1.29 is 0 Å². The van der Waals surface area contributed by atoms with Crippen LogP contribution in [0.1, 0.15) is 16.0 Å². The van der Waals surface area contributed by atoms with Gasteiger partial charge in [-0.3, -0.25) is 0 Å². The Morgan fingerprint density at radius 3 is 2.48 bits per heavy atom. The molecule has 0 fully saturated rings. The summed E-state index contributed by atoms with van der Waals surface area (Å²) in [4.78, 5) is 9.49. The first-order valence-electron chi connectivity index (χ1n) is 7.93. The Kier molecular flexibility index (Phi) is 4.16. The first-order valence-corrected chi connectivity index (χ1v) is 8.74. The summed E-state index contributed by atoms with van der Waals surface area (Å²) in [6.07, 6.45) is 7.97. The van der Waals surface area contributed by atoms with E-state index in [9.17, 15) is 0 Å². The van der Waals surface area contributed by atoms with Crippen molar-refractivity contribution in [1.29, 1.82) is 0 Å². The van der Waals surface area contributed by atoms with Gasteiger partial charge in [0.15, 0.2) is 5.82 Å². The smallest absolute Gasteiger partial charge is 0.151 e. The van der Waals surface area contributed by atoms with Crippen LogP contribution >= 0.6 is 11.3 Å². The summed E-state index contributed by atoms with van der Waals surface area (Å²) in [5.41, 5.74) is 4.44. The Morgan fingerprint density at radius 2 is 1.72 bits per heavy atom. The van der Waals surface area contributed by atoms with Crippen LogP contribution in [0, 0.1) is 12.3 Å². The zero-order valence-corrected chi connectivity index (χ0v) is 14.3. The van der Waals surface area contributed by atoms with Crippen LogP contribution in [-0.2, 0) is 6.42 Å². The lowest BCUT2D eigenvalue weighted by Crippen LogP contribution is -1.95. The molecule has 120 valence electrons. The molecule has 4 aromatic rings. The van der Waals surface area contributed by atoms with Crippen molar-refractivity contribution in [3.05, 3.63) is 83.0 Å². The van der Waals surface area contributed by atoms with Crippen LogP contribution in [0.3, 0.4) is 0 Å². The van der Waals surface area contributed by atoms with Gasteiger partial charge in [-0.1, -0.05) is 48.4 Å². The van der Waals surface area contributed by atoms with Crippen LogP contribution in [0.25, 0.3) is 10.2 Å². The highest BCUT2D eigenvalue weighted by Gasteiger charge is 2.08. The SMILES string of the molecule is C#Cc1cc2ncnc(Nc3ccc(Cc4ccccc4)cc3)c2s1. The highest BCUT2D eigenvalue weighted by Crippen LogP contribution is 2.30. The number of nitrogens with zero attached hydrogens (tertiary/aromatic N) is 2. The fourth-order valence-electron chi connectivity index (χ4n) is 2.69. The lowest BCUT2D eigenvalue weighted by molar-refractivity contribution is 1.19. The van der Waals surface area contributed by atoms with Crippen LogP contribution in [-0.4, -0.2) is 9.97 Å². The Morgan fingerprint density at radius 1 is 0.960 bits per heavy atom. The molecule has 0 saturated carbocycles. The third kappa shape index (κ3) is 3.37. The van der Waals surface area contributed by atoms with Gasteiger partial charge in [-0.05, 0) is 35.7 Å². The molecule has 0 saturated heterocycles. The minimum atomic E-state index is 0.785. The van der Waals surface area contributed by atoms with Gasteiger partial charge in [-0.25, -0.2) is 9.97 Å². The monoisotopic (exact) mass is 341 g/mol. The molecule has 25 heavy (non-hydrogen) atoms. The Bertz CT molecular complexity index is 1040. The van der Waals surface area contributed by atoms with Crippen molar-refractivity contribution in [3.63, 3.8) is 0 Å². The Hall–Kier alpha value is -3.16. The second-order valence-electron chi connectivity index (χ2n) is 5.68. The quantitative estimate of drug-likeness (QED) is 0.530. The van der Waals surface area contributed by atoms with Crippen molar-refractivity contribution in [2.24, 2.45) is 0 Å². The predicted octanol–water partition coefficient (Wildman–Crippen LogP) is 5.01. The van der Waals surface area contributed by atoms with E-state index < -0.39 is 0 Å². The molecule has 0 amide bonds. The fraction of sp³-hybridized carbons (Fsp3) is 0.0476. The first kappa shape index (κ1) is 15.4. The second kappa shape index (κ2) is 6.76. The van der Waals surface area contributed by atoms with E-state index in [1.165, 1.54) is 22.5 Å². The molecule has 0 aliphatic rings. The molecule has 0 atom stereocenters. The van der Waals surface area contributed by atoms with Gasteiger partial charge in [-0.15, -0.1) is 17.8 Å². The minimum Gasteiger partial charge on any atom is -0.339 e. The number of nitrogens with one attached hydrogen (secondary N) is 1. The van der Waals surface area contributed by atoms with Gasteiger partial charge in [0.2, 0.25) is 0 Å². The van der Waals surface area contributed by atoms with Gasteiger partial charge < -0.3 is 5.32 Å². The average Bonchev–Trinajstić information content (AvgIpc) is 3.09. The lowest BCUT2D eigenvalue weighted by atomic mass is 10.0. The normalized spacial score (nSPS) is 10.5. The van der Waals surface area contributed by atoms with Crippen molar-refractivity contribution >= 4 is 33.1 Å². The van der Waals surface area contributed by atoms with Crippen molar-refractivity contribution in [2.75, 3.05) is 5.32 Å². The molecule has 0 radical (unpaired) electrons. The van der Waals surface area contributed by atoms with E-state index in [4.69, 9.17) is 6.42 Å². The van der Waals surface area contributed by atoms with Gasteiger partial charge in [0, 0.05) is 5.69 Å². The zero-order valence-electron chi connectivity index (χ0n) is 13.4. The van der Waals surface area contributed by atoms with E-state index in [1.807, 2.05) is 12.1 Å². The summed E-state index contributed by atoms with van der Waals surface area (Å²) in [6, 6.07) is 20.8. The summed E-state index contributed by atoms with van der Waals surface area (Å²) < 4.78 is 0.976. The lowest BCUT2D eigenvalue weighted by Gasteiger charge is -2.07. The van der Waals surface area contributed by atoms with Crippen molar-refractivity contribution in [3.8, 4) is 12.3 Å². The molecule has 2 aromatic heterocycles. The molecule has 2 heterocycles. The van der Waals surface area contributed by atoms with Gasteiger partial charge in [0.1, 0.15) is 6.33 Å². The maximum atomic E-state index is 5.49. The van der Waals surface area contributed by atoms with E-state index in [2.05, 4.69) is 69.7 Å². The van der Waals surface area contributed by atoms with Crippen LogP contribution in [0.2, 0.25) is 0 Å². The molecule has 2 aromatic carbocycles. The van der Waals surface area contributed by atoms with Gasteiger partial charge >= 0.3 is 0 Å². The largest absolute Gasteiger partial charge is 0.339 e. The molecule has 3 nitrogen and oxygen atoms in total. The predicted molar refractivity (Wildman–Crippen MR) is 104 cm³/mol. The minimum absolute atomic E-state index is 0.785. The molecule has 0 unspecified atom stereocenters.